The van der Waals surface area contributed by atoms with E-state index in [9.17, 15) is 9.59 Å². The van der Waals surface area contributed by atoms with Crippen LogP contribution in [-0.2, 0) is 6.54 Å². The van der Waals surface area contributed by atoms with Gasteiger partial charge in [-0.25, -0.2) is 4.79 Å². The fraction of sp³-hybridized carbons (Fsp3) is 0.391. The molecule has 1 saturated heterocycles. The second-order valence-corrected chi connectivity index (χ2v) is 8.55. The number of rotatable bonds is 5. The van der Waals surface area contributed by atoms with Crippen molar-refractivity contribution in [2.24, 2.45) is 0 Å². The smallest absolute Gasteiger partial charge is 0.319 e. The van der Waals surface area contributed by atoms with E-state index in [1.54, 1.807) is 24.3 Å². The number of hydrogen-bond acceptors (Lipinski definition) is 3. The molecule has 0 spiro atoms. The van der Waals surface area contributed by atoms with E-state index in [-0.39, 0.29) is 23.5 Å². The molecule has 1 aliphatic heterocycles. The Bertz CT molecular complexity index is 845. The number of nitrogens with zero attached hydrogens (tertiary/aromatic N) is 1. The van der Waals surface area contributed by atoms with E-state index in [0.29, 0.717) is 11.3 Å². The molecule has 3 amide bonds. The Morgan fingerprint density at radius 3 is 2.45 bits per heavy atom. The maximum atomic E-state index is 12.5. The Morgan fingerprint density at radius 2 is 1.72 bits per heavy atom. The number of nitrogens with one attached hydrogen (secondary N) is 3. The molecule has 29 heavy (non-hydrogen) atoms. The predicted octanol–water partition coefficient (Wildman–Crippen LogP) is 3.61. The topological polar surface area (TPSA) is 73.5 Å². The van der Waals surface area contributed by atoms with Crippen LogP contribution in [0.3, 0.4) is 0 Å². The van der Waals surface area contributed by atoms with Crippen LogP contribution in [0.1, 0.15) is 43.1 Å². The number of benzene rings is 2. The molecule has 2 aromatic rings. The van der Waals surface area contributed by atoms with Crippen LogP contribution in [0.4, 0.5) is 10.5 Å². The average molecular weight is 395 g/mol. The highest BCUT2D eigenvalue weighted by molar-refractivity contribution is 6.03. The van der Waals surface area contributed by atoms with Crippen molar-refractivity contribution in [2.45, 2.75) is 45.3 Å². The SMILES string of the molecule is CC(C)(C)NC(=O)c1ccccc1NC(=O)NC1CCN(Cc2ccccc2)C1. The van der Waals surface area contributed by atoms with Gasteiger partial charge in [0.05, 0.1) is 11.3 Å². The van der Waals surface area contributed by atoms with Crippen LogP contribution in [0.5, 0.6) is 0 Å². The number of hydrogen-bond donors (Lipinski definition) is 3. The summed E-state index contributed by atoms with van der Waals surface area (Å²) >= 11 is 0. The summed E-state index contributed by atoms with van der Waals surface area (Å²) in [6, 6.07) is 17.2. The van der Waals surface area contributed by atoms with Gasteiger partial charge in [-0.15, -0.1) is 0 Å². The average Bonchev–Trinajstić information content (AvgIpc) is 3.08. The van der Waals surface area contributed by atoms with E-state index < -0.39 is 0 Å². The molecule has 6 nitrogen and oxygen atoms in total. The summed E-state index contributed by atoms with van der Waals surface area (Å²) in [6.45, 7) is 8.42. The summed E-state index contributed by atoms with van der Waals surface area (Å²) in [5, 5.41) is 8.81. The molecule has 154 valence electrons. The van der Waals surface area contributed by atoms with Crippen LogP contribution in [-0.4, -0.2) is 41.5 Å². The van der Waals surface area contributed by atoms with Gasteiger partial charge >= 0.3 is 6.03 Å². The maximum Gasteiger partial charge on any atom is 0.319 e. The molecule has 1 atom stereocenters. The van der Waals surface area contributed by atoms with Gasteiger partial charge in [0.15, 0.2) is 0 Å². The van der Waals surface area contributed by atoms with Crippen molar-refractivity contribution in [3.8, 4) is 0 Å². The predicted molar refractivity (Wildman–Crippen MR) is 116 cm³/mol. The van der Waals surface area contributed by atoms with Gasteiger partial charge in [-0.2, -0.15) is 0 Å². The second-order valence-electron chi connectivity index (χ2n) is 8.55. The second kappa shape index (κ2) is 9.09. The van der Waals surface area contributed by atoms with Crippen molar-refractivity contribution in [1.29, 1.82) is 0 Å². The molecule has 0 aliphatic carbocycles. The fourth-order valence-corrected chi connectivity index (χ4v) is 3.48. The number of amides is 3. The third-order valence-corrected chi connectivity index (χ3v) is 4.77. The van der Waals surface area contributed by atoms with Crippen LogP contribution in [0.15, 0.2) is 54.6 Å². The minimum atomic E-state index is -0.349. The molecule has 0 saturated carbocycles. The molecular weight excluding hydrogens is 364 g/mol. The highest BCUT2D eigenvalue weighted by atomic mass is 16.2. The zero-order valence-electron chi connectivity index (χ0n) is 17.4. The van der Waals surface area contributed by atoms with Crippen molar-refractivity contribution >= 4 is 17.6 Å². The van der Waals surface area contributed by atoms with Crippen LogP contribution < -0.4 is 16.0 Å². The quantitative estimate of drug-likeness (QED) is 0.725. The summed E-state index contributed by atoms with van der Waals surface area (Å²) in [4.78, 5) is 27.4. The van der Waals surface area contributed by atoms with Crippen LogP contribution in [0.2, 0.25) is 0 Å². The zero-order valence-corrected chi connectivity index (χ0v) is 17.4. The maximum absolute atomic E-state index is 12.5. The zero-order chi connectivity index (χ0) is 20.9. The third-order valence-electron chi connectivity index (χ3n) is 4.77. The van der Waals surface area contributed by atoms with Crippen LogP contribution in [0, 0.1) is 0 Å². The summed E-state index contributed by atoms with van der Waals surface area (Å²) in [7, 11) is 0. The Labute approximate surface area is 172 Å². The summed E-state index contributed by atoms with van der Waals surface area (Å²) in [5.41, 5.74) is 1.88. The van der Waals surface area contributed by atoms with Gasteiger partial charge in [0.1, 0.15) is 0 Å². The lowest BCUT2D eigenvalue weighted by Crippen LogP contribution is -2.42. The van der Waals surface area contributed by atoms with Gasteiger partial charge in [-0.1, -0.05) is 42.5 Å². The van der Waals surface area contributed by atoms with E-state index in [0.717, 1.165) is 26.1 Å². The number of anilines is 1. The minimum Gasteiger partial charge on any atom is -0.347 e. The van der Waals surface area contributed by atoms with Gasteiger partial charge in [0.25, 0.3) is 5.91 Å². The van der Waals surface area contributed by atoms with E-state index in [2.05, 4.69) is 33.0 Å². The molecule has 6 heteroatoms. The van der Waals surface area contributed by atoms with Crippen molar-refractivity contribution in [2.75, 3.05) is 18.4 Å². The Kier molecular flexibility index (Phi) is 6.54. The molecule has 0 radical (unpaired) electrons. The molecule has 0 bridgehead atoms. The molecular formula is C23H30N4O2. The highest BCUT2D eigenvalue weighted by Crippen LogP contribution is 2.17. The number of carbonyl (C=O) groups is 2. The van der Waals surface area contributed by atoms with Crippen LogP contribution in [0.25, 0.3) is 0 Å². The van der Waals surface area contributed by atoms with E-state index >= 15 is 0 Å². The standard InChI is InChI=1S/C23H30N4O2/c1-23(2,3)26-21(28)19-11-7-8-12-20(19)25-22(29)24-18-13-14-27(16-18)15-17-9-5-4-6-10-17/h4-12,18H,13-16H2,1-3H3,(H,26,28)(H2,24,25,29). The number of carbonyl (C=O) groups excluding carboxylic acids is 2. The van der Waals surface area contributed by atoms with Crippen molar-refractivity contribution < 1.29 is 9.59 Å². The molecule has 2 aromatic carbocycles. The summed E-state index contributed by atoms with van der Waals surface area (Å²) < 4.78 is 0. The molecule has 0 aromatic heterocycles. The van der Waals surface area contributed by atoms with Crippen molar-refractivity contribution in [3.05, 3.63) is 65.7 Å². The lowest BCUT2D eigenvalue weighted by molar-refractivity contribution is 0.0920. The first kappa shape index (κ1) is 20.9. The Hall–Kier alpha value is -2.86. The van der Waals surface area contributed by atoms with Gasteiger partial charge < -0.3 is 16.0 Å². The van der Waals surface area contributed by atoms with Crippen molar-refractivity contribution in [1.82, 2.24) is 15.5 Å². The van der Waals surface area contributed by atoms with Gasteiger partial charge in [0, 0.05) is 31.2 Å². The first-order valence-corrected chi connectivity index (χ1v) is 10.1. The fourth-order valence-electron chi connectivity index (χ4n) is 3.48. The van der Waals surface area contributed by atoms with E-state index in [1.165, 1.54) is 5.56 Å². The van der Waals surface area contributed by atoms with Gasteiger partial charge in [-0.3, -0.25) is 9.69 Å². The molecule has 3 N–H and O–H groups in total. The first-order valence-electron chi connectivity index (χ1n) is 10.1. The lowest BCUT2D eigenvalue weighted by Gasteiger charge is -2.22. The van der Waals surface area contributed by atoms with Crippen LogP contribution >= 0.6 is 0 Å². The molecule has 1 unspecified atom stereocenters. The summed E-state index contributed by atoms with van der Waals surface area (Å²) in [6.07, 6.45) is 0.909. The largest absolute Gasteiger partial charge is 0.347 e. The number of likely N-dealkylation sites (tertiary alicyclic amines) is 1. The first-order chi connectivity index (χ1) is 13.8. The molecule has 1 heterocycles. The number of para-hydroxylation sites is 1. The monoisotopic (exact) mass is 394 g/mol. The molecule has 1 fully saturated rings. The van der Waals surface area contributed by atoms with E-state index in [1.807, 2.05) is 39.0 Å². The highest BCUT2D eigenvalue weighted by Gasteiger charge is 2.24. The molecule has 3 rings (SSSR count). The molecule has 1 aliphatic rings. The normalized spacial score (nSPS) is 17.0. The van der Waals surface area contributed by atoms with E-state index in [4.69, 9.17) is 0 Å². The van der Waals surface area contributed by atoms with Gasteiger partial charge in [-0.05, 0) is 44.9 Å². The Morgan fingerprint density at radius 1 is 1.03 bits per heavy atom. The third kappa shape index (κ3) is 6.32. The summed E-state index contributed by atoms with van der Waals surface area (Å²) in [5.74, 6) is -0.205. The van der Waals surface area contributed by atoms with Gasteiger partial charge in [0.2, 0.25) is 0 Å². The lowest BCUT2D eigenvalue weighted by atomic mass is 10.1. The number of urea groups is 1. The minimum absolute atomic E-state index is 0.0919. The Balaban J connectivity index is 1.54. The van der Waals surface area contributed by atoms with Crippen molar-refractivity contribution in [3.63, 3.8) is 0 Å².